The van der Waals surface area contributed by atoms with E-state index in [0.717, 1.165) is 4.68 Å². The van der Waals surface area contributed by atoms with Gasteiger partial charge in [0.25, 0.3) is 10.0 Å². The van der Waals surface area contributed by atoms with Gasteiger partial charge in [-0.3, -0.25) is 19.6 Å². The zero-order chi connectivity index (χ0) is 21.0. The van der Waals surface area contributed by atoms with Gasteiger partial charge in [0.05, 0.1) is 9.82 Å². The molecule has 150 valence electrons. The molecule has 3 rings (SSSR count). The summed E-state index contributed by atoms with van der Waals surface area (Å²) in [4.78, 5) is 29.9. The normalized spacial score (nSPS) is 11.1. The molecule has 0 saturated heterocycles. The Labute approximate surface area is 164 Å². The Bertz CT molecular complexity index is 1140. The third kappa shape index (κ3) is 4.90. The van der Waals surface area contributed by atoms with Crippen LogP contribution in [0, 0.1) is 17.0 Å². The van der Waals surface area contributed by atoms with Crippen molar-refractivity contribution in [1.82, 2.24) is 19.7 Å². The van der Waals surface area contributed by atoms with Crippen LogP contribution in [0.1, 0.15) is 5.69 Å². The van der Waals surface area contributed by atoms with Crippen LogP contribution in [-0.2, 0) is 21.4 Å². The van der Waals surface area contributed by atoms with Crippen molar-refractivity contribution in [3.05, 3.63) is 64.7 Å². The highest BCUT2D eigenvalue weighted by molar-refractivity contribution is 7.92. The van der Waals surface area contributed by atoms with E-state index in [-0.39, 0.29) is 28.8 Å². The molecule has 0 unspecified atom stereocenters. The Morgan fingerprint density at radius 2 is 1.86 bits per heavy atom. The lowest BCUT2D eigenvalue weighted by Crippen LogP contribution is -2.19. The monoisotopic (exact) mass is 417 g/mol. The van der Waals surface area contributed by atoms with Crippen LogP contribution in [0.15, 0.2) is 53.8 Å². The molecule has 1 amide bonds. The molecule has 13 heteroatoms. The van der Waals surface area contributed by atoms with Crippen molar-refractivity contribution in [2.45, 2.75) is 18.4 Å². The van der Waals surface area contributed by atoms with Crippen molar-refractivity contribution < 1.29 is 18.1 Å². The van der Waals surface area contributed by atoms with Crippen LogP contribution in [0.25, 0.3) is 0 Å². The highest BCUT2D eigenvalue weighted by Crippen LogP contribution is 2.17. The number of nitrogens with zero attached hydrogens (tertiary/aromatic N) is 5. The van der Waals surface area contributed by atoms with Gasteiger partial charge in [0.2, 0.25) is 11.9 Å². The minimum Gasteiger partial charge on any atom is -0.324 e. The summed E-state index contributed by atoms with van der Waals surface area (Å²) in [6, 6.07) is 7.00. The van der Waals surface area contributed by atoms with Gasteiger partial charge >= 0.3 is 5.69 Å². The summed E-state index contributed by atoms with van der Waals surface area (Å²) < 4.78 is 28.0. The molecule has 0 aliphatic rings. The highest BCUT2D eigenvalue weighted by Gasteiger charge is 2.18. The first-order valence-electron chi connectivity index (χ1n) is 8.13. The quantitative estimate of drug-likeness (QED) is 0.430. The zero-order valence-corrected chi connectivity index (χ0v) is 15.8. The van der Waals surface area contributed by atoms with Gasteiger partial charge in [-0.1, -0.05) is 0 Å². The van der Waals surface area contributed by atoms with E-state index < -0.39 is 20.9 Å². The molecule has 0 aliphatic heterocycles. The molecular weight excluding hydrogens is 402 g/mol. The first kappa shape index (κ1) is 19.9. The summed E-state index contributed by atoms with van der Waals surface area (Å²) in [6.07, 6.45) is 3.97. The van der Waals surface area contributed by atoms with E-state index in [0.29, 0.717) is 5.69 Å². The summed E-state index contributed by atoms with van der Waals surface area (Å²) in [5, 5.41) is 17.3. The fraction of sp³-hybridized carbons (Fsp3) is 0.125. The molecule has 0 saturated carbocycles. The second kappa shape index (κ2) is 8.02. The predicted molar refractivity (Wildman–Crippen MR) is 102 cm³/mol. The average molecular weight is 417 g/mol. The third-order valence-corrected chi connectivity index (χ3v) is 5.01. The number of carbonyl (C=O) groups excluding carboxylic acids is 1. The first-order valence-corrected chi connectivity index (χ1v) is 9.61. The molecule has 0 atom stereocenters. The maximum Gasteiger partial charge on any atom is 0.309 e. The number of sulfonamides is 1. The van der Waals surface area contributed by atoms with E-state index in [4.69, 9.17) is 0 Å². The predicted octanol–water partition coefficient (Wildman–Crippen LogP) is 1.33. The van der Waals surface area contributed by atoms with E-state index in [1.54, 1.807) is 6.07 Å². The number of hydrogen-bond donors (Lipinski definition) is 2. The molecule has 0 fully saturated rings. The maximum atomic E-state index is 12.3. The molecule has 1 aromatic carbocycles. The molecule has 0 aliphatic carbocycles. The van der Waals surface area contributed by atoms with Crippen LogP contribution >= 0.6 is 0 Å². The molecule has 12 nitrogen and oxygen atoms in total. The molecule has 29 heavy (non-hydrogen) atoms. The van der Waals surface area contributed by atoms with E-state index in [1.165, 1.54) is 49.8 Å². The number of hydrogen-bond acceptors (Lipinski definition) is 8. The largest absolute Gasteiger partial charge is 0.324 e. The lowest BCUT2D eigenvalue weighted by Gasteiger charge is -2.08. The second-order valence-corrected chi connectivity index (χ2v) is 7.49. The average Bonchev–Trinajstić information content (AvgIpc) is 3.03. The number of amides is 1. The highest BCUT2D eigenvalue weighted by atomic mass is 32.2. The summed E-state index contributed by atoms with van der Waals surface area (Å²) in [5.74, 6) is -0.540. The molecule has 2 N–H and O–H groups in total. The molecule has 2 aromatic heterocycles. The van der Waals surface area contributed by atoms with Crippen LogP contribution < -0.4 is 10.0 Å². The second-order valence-electron chi connectivity index (χ2n) is 5.80. The number of benzene rings is 1. The lowest BCUT2D eigenvalue weighted by molar-refractivity contribution is -0.385. The van der Waals surface area contributed by atoms with Gasteiger partial charge in [-0.15, -0.1) is 0 Å². The topological polar surface area (TPSA) is 162 Å². The van der Waals surface area contributed by atoms with Crippen LogP contribution in [0.2, 0.25) is 0 Å². The molecular formula is C16H15N7O5S. The summed E-state index contributed by atoms with van der Waals surface area (Å²) in [7, 11) is -3.88. The van der Waals surface area contributed by atoms with Gasteiger partial charge in [0.1, 0.15) is 18.4 Å². The number of aromatic nitrogens is 4. The number of nitro groups is 1. The lowest BCUT2D eigenvalue weighted by atomic mass is 10.3. The van der Waals surface area contributed by atoms with Gasteiger partial charge in [0, 0.05) is 18.1 Å². The van der Waals surface area contributed by atoms with Crippen molar-refractivity contribution in [3.8, 4) is 0 Å². The van der Waals surface area contributed by atoms with Crippen LogP contribution in [0.3, 0.4) is 0 Å². The van der Waals surface area contributed by atoms with Crippen molar-refractivity contribution >= 4 is 33.3 Å². The third-order valence-electron chi connectivity index (χ3n) is 3.66. The van der Waals surface area contributed by atoms with Crippen LogP contribution in [0.5, 0.6) is 0 Å². The van der Waals surface area contributed by atoms with Crippen molar-refractivity contribution in [3.63, 3.8) is 0 Å². The van der Waals surface area contributed by atoms with E-state index in [1.807, 2.05) is 0 Å². The fourth-order valence-electron chi connectivity index (χ4n) is 2.36. The van der Waals surface area contributed by atoms with Gasteiger partial charge < -0.3 is 5.32 Å². The number of nitrogens with one attached hydrogen (secondary N) is 2. The summed E-state index contributed by atoms with van der Waals surface area (Å²) >= 11 is 0. The van der Waals surface area contributed by atoms with Crippen molar-refractivity contribution in [2.24, 2.45) is 0 Å². The Morgan fingerprint density at radius 1 is 1.21 bits per heavy atom. The van der Waals surface area contributed by atoms with Gasteiger partial charge in [-0.2, -0.15) is 5.10 Å². The smallest absolute Gasteiger partial charge is 0.309 e. The first-order chi connectivity index (χ1) is 13.7. The molecule has 0 spiro atoms. The molecule has 3 aromatic rings. The van der Waals surface area contributed by atoms with Crippen LogP contribution in [0.4, 0.5) is 17.3 Å². The number of aryl methyl sites for hydroxylation is 1. The van der Waals surface area contributed by atoms with E-state index in [2.05, 4.69) is 25.1 Å². The number of rotatable bonds is 7. The molecule has 2 heterocycles. The Morgan fingerprint density at radius 3 is 2.45 bits per heavy atom. The summed E-state index contributed by atoms with van der Waals surface area (Å²) in [5.41, 5.74) is 0.373. The van der Waals surface area contributed by atoms with E-state index in [9.17, 15) is 23.3 Å². The number of anilines is 2. The zero-order valence-electron chi connectivity index (χ0n) is 15.0. The van der Waals surface area contributed by atoms with Gasteiger partial charge in [-0.05, 0) is 37.3 Å². The van der Waals surface area contributed by atoms with Gasteiger partial charge in [0.15, 0.2) is 0 Å². The standard InChI is InChI=1S/C16H15N7O5S/c1-11-14(23(25)26)9-22(20-11)10-15(24)19-12-3-5-13(6-4-12)29(27,28)21-16-17-7-2-8-18-16/h2-9H,10H2,1H3,(H,19,24)(H,17,18,21). The Balaban J connectivity index is 1.65. The Hall–Kier alpha value is -3.87. The SMILES string of the molecule is Cc1nn(CC(=O)Nc2ccc(S(=O)(=O)Nc3ncccn3)cc2)cc1[N+](=O)[O-]. The number of carbonyl (C=O) groups is 1. The van der Waals surface area contributed by atoms with Gasteiger partial charge in [-0.25, -0.2) is 23.1 Å². The maximum absolute atomic E-state index is 12.3. The fourth-order valence-corrected chi connectivity index (χ4v) is 3.32. The van der Waals surface area contributed by atoms with Crippen molar-refractivity contribution in [2.75, 3.05) is 10.0 Å². The Kier molecular flexibility index (Phi) is 5.50. The van der Waals surface area contributed by atoms with E-state index >= 15 is 0 Å². The minimum atomic E-state index is -3.88. The van der Waals surface area contributed by atoms with Crippen molar-refractivity contribution in [1.29, 1.82) is 0 Å². The molecule has 0 radical (unpaired) electrons. The molecule has 0 bridgehead atoms. The summed E-state index contributed by atoms with van der Waals surface area (Å²) in [6.45, 7) is 1.24. The van der Waals surface area contributed by atoms with Crippen LogP contribution in [-0.4, -0.2) is 39.0 Å². The minimum absolute atomic E-state index is 0.0405.